The molecule has 0 radical (unpaired) electrons. The number of nitrogens with zero attached hydrogens (tertiary/aromatic N) is 1. The highest BCUT2D eigenvalue weighted by atomic mass is 16.1. The molecule has 2 heteroatoms. The van der Waals surface area contributed by atoms with E-state index in [0.717, 1.165) is 41.4 Å². The van der Waals surface area contributed by atoms with Crippen LogP contribution in [-0.2, 0) is 4.79 Å². The fourth-order valence-corrected chi connectivity index (χ4v) is 6.66. The van der Waals surface area contributed by atoms with Crippen LogP contribution in [0.3, 0.4) is 0 Å². The Balaban J connectivity index is 1.81. The summed E-state index contributed by atoms with van der Waals surface area (Å²) in [6.07, 6.45) is 5.93. The number of hydrogen-bond acceptors (Lipinski definition) is 2. The van der Waals surface area contributed by atoms with Gasteiger partial charge in [-0.15, -0.1) is 0 Å². The van der Waals surface area contributed by atoms with Crippen molar-refractivity contribution in [3.63, 3.8) is 0 Å². The first-order valence-corrected chi connectivity index (χ1v) is 5.96. The van der Waals surface area contributed by atoms with Crippen molar-refractivity contribution in [2.45, 2.75) is 24.8 Å². The van der Waals surface area contributed by atoms with Gasteiger partial charge in [0.25, 0.3) is 0 Å². The zero-order valence-electron chi connectivity index (χ0n) is 8.02. The molecule has 0 amide bonds. The number of fused-ring (bicyclic) bond motifs is 2. The van der Waals surface area contributed by atoms with Crippen LogP contribution in [0.5, 0.6) is 0 Å². The van der Waals surface area contributed by atoms with Crippen molar-refractivity contribution in [3.8, 4) is 0 Å². The van der Waals surface area contributed by atoms with Crippen LogP contribution in [-0.4, -0.2) is 11.6 Å². The molecule has 0 aromatic carbocycles. The molecular weight excluding hydrogens is 174 g/mol. The second-order valence-electron chi connectivity index (χ2n) is 6.23. The minimum atomic E-state index is 0.116. The van der Waals surface area contributed by atoms with Crippen LogP contribution in [0.4, 0.5) is 0 Å². The highest BCUT2D eigenvalue weighted by Gasteiger charge is 2.83. The Morgan fingerprint density at radius 2 is 1.93 bits per heavy atom. The van der Waals surface area contributed by atoms with Gasteiger partial charge in [0, 0.05) is 0 Å². The normalized spacial score (nSPS) is 73.9. The summed E-state index contributed by atoms with van der Waals surface area (Å²) in [7, 11) is 0. The second-order valence-corrected chi connectivity index (χ2v) is 6.23. The minimum Gasteiger partial charge on any atom is -0.211 e. The van der Waals surface area contributed by atoms with Crippen molar-refractivity contribution in [1.29, 1.82) is 0 Å². The van der Waals surface area contributed by atoms with Gasteiger partial charge in [-0.25, -0.2) is 4.79 Å². The first-order chi connectivity index (χ1) is 6.87. The largest absolute Gasteiger partial charge is 0.235 e. The number of rotatable bonds is 1. The van der Waals surface area contributed by atoms with Gasteiger partial charge in [-0.3, -0.25) is 0 Å². The van der Waals surface area contributed by atoms with E-state index in [4.69, 9.17) is 0 Å². The number of isocyanates is 1. The average Bonchev–Trinajstić information content (AvgIpc) is 2.67. The molecule has 72 valence electrons. The van der Waals surface area contributed by atoms with Crippen LogP contribution in [0.15, 0.2) is 4.99 Å². The van der Waals surface area contributed by atoms with Crippen molar-refractivity contribution in [2.24, 2.45) is 46.4 Å². The van der Waals surface area contributed by atoms with E-state index in [1.807, 2.05) is 6.08 Å². The van der Waals surface area contributed by atoms with Crippen molar-refractivity contribution in [3.05, 3.63) is 0 Å². The van der Waals surface area contributed by atoms with Crippen LogP contribution in [0.25, 0.3) is 0 Å². The van der Waals surface area contributed by atoms with Crippen LogP contribution in [0, 0.1) is 41.4 Å². The van der Waals surface area contributed by atoms with Gasteiger partial charge in [-0.2, -0.15) is 4.99 Å². The molecular formula is C12H13NO. The van der Waals surface area contributed by atoms with Gasteiger partial charge in [0.1, 0.15) is 0 Å². The summed E-state index contributed by atoms with van der Waals surface area (Å²) in [4.78, 5) is 14.9. The third-order valence-corrected chi connectivity index (χ3v) is 6.61. The van der Waals surface area contributed by atoms with E-state index < -0.39 is 0 Å². The molecule has 0 saturated heterocycles. The topological polar surface area (TPSA) is 29.4 Å². The maximum atomic E-state index is 10.6. The Kier molecular flexibility index (Phi) is 0.790. The van der Waals surface area contributed by atoms with Crippen molar-refractivity contribution in [1.82, 2.24) is 0 Å². The van der Waals surface area contributed by atoms with E-state index in [0.29, 0.717) is 0 Å². The molecule has 0 spiro atoms. The summed E-state index contributed by atoms with van der Waals surface area (Å²) in [5, 5.41) is 0. The fourth-order valence-electron chi connectivity index (χ4n) is 6.66. The van der Waals surface area contributed by atoms with Crippen LogP contribution in [0.2, 0.25) is 0 Å². The van der Waals surface area contributed by atoms with Gasteiger partial charge >= 0.3 is 0 Å². The predicted octanol–water partition coefficient (Wildman–Crippen LogP) is 1.61. The van der Waals surface area contributed by atoms with Gasteiger partial charge in [0.15, 0.2) is 0 Å². The zero-order valence-corrected chi connectivity index (χ0v) is 8.02. The number of hydrogen-bond donors (Lipinski definition) is 0. The third-order valence-electron chi connectivity index (χ3n) is 6.61. The van der Waals surface area contributed by atoms with Crippen molar-refractivity contribution >= 4 is 6.08 Å². The smallest absolute Gasteiger partial charge is 0.211 e. The van der Waals surface area contributed by atoms with Gasteiger partial charge in [-0.1, -0.05) is 0 Å². The lowest BCUT2D eigenvalue weighted by Gasteiger charge is -2.44. The molecule has 8 unspecified atom stereocenters. The Morgan fingerprint density at radius 3 is 2.79 bits per heavy atom. The van der Waals surface area contributed by atoms with Gasteiger partial charge in [0.2, 0.25) is 6.08 Å². The molecule has 0 heterocycles. The van der Waals surface area contributed by atoms with Crippen molar-refractivity contribution in [2.75, 3.05) is 0 Å². The molecule has 0 aliphatic heterocycles. The second kappa shape index (κ2) is 1.63. The standard InChI is InChI=1S/C12H13NO/c14-4-13-12-3-7-5-1-8(12)6-2-9(12)11(7)10(5)6/h5-11H,1-3H2. The maximum absolute atomic E-state index is 10.6. The van der Waals surface area contributed by atoms with Gasteiger partial charge in [0.05, 0.1) is 5.54 Å². The summed E-state index contributed by atoms with van der Waals surface area (Å²) in [6, 6.07) is 0. The van der Waals surface area contributed by atoms with E-state index in [-0.39, 0.29) is 5.54 Å². The molecule has 5 fully saturated rings. The maximum Gasteiger partial charge on any atom is 0.235 e. The number of carbonyl (C=O) groups excluding carboxylic acids is 1. The summed E-state index contributed by atoms with van der Waals surface area (Å²) < 4.78 is 0. The average molecular weight is 187 g/mol. The Labute approximate surface area is 82.8 Å². The zero-order chi connectivity index (χ0) is 9.08. The SMILES string of the molecule is O=C=NC12CC3C4CC1C1CC2C3C41. The van der Waals surface area contributed by atoms with Crippen LogP contribution < -0.4 is 0 Å². The lowest BCUT2D eigenvalue weighted by atomic mass is 9.60. The third kappa shape index (κ3) is 0.386. The Hall–Kier alpha value is -0.620. The fraction of sp³-hybridized carbons (Fsp3) is 0.917. The Morgan fingerprint density at radius 1 is 1.07 bits per heavy atom. The van der Waals surface area contributed by atoms with Crippen LogP contribution in [0.1, 0.15) is 19.3 Å². The molecule has 2 bridgehead atoms. The Bertz CT molecular complexity index is 385. The van der Waals surface area contributed by atoms with E-state index in [1.165, 1.54) is 19.3 Å². The molecule has 0 aromatic rings. The molecule has 5 aliphatic rings. The monoisotopic (exact) mass is 187 g/mol. The molecule has 5 saturated carbocycles. The van der Waals surface area contributed by atoms with E-state index in [2.05, 4.69) is 4.99 Å². The van der Waals surface area contributed by atoms with E-state index in [1.54, 1.807) is 0 Å². The first kappa shape index (κ1) is 6.79. The van der Waals surface area contributed by atoms with Gasteiger partial charge < -0.3 is 0 Å². The molecule has 14 heavy (non-hydrogen) atoms. The van der Waals surface area contributed by atoms with E-state index in [9.17, 15) is 4.79 Å². The highest BCUT2D eigenvalue weighted by molar-refractivity contribution is 5.41. The molecule has 2 nitrogen and oxygen atoms in total. The molecule has 0 aromatic heterocycles. The predicted molar refractivity (Wildman–Crippen MR) is 49.1 cm³/mol. The first-order valence-electron chi connectivity index (χ1n) is 5.96. The quantitative estimate of drug-likeness (QED) is 0.453. The lowest BCUT2D eigenvalue weighted by molar-refractivity contribution is 0.0249. The van der Waals surface area contributed by atoms with Crippen LogP contribution >= 0.6 is 0 Å². The highest BCUT2D eigenvalue weighted by Crippen LogP contribution is 2.84. The summed E-state index contributed by atoms with van der Waals surface area (Å²) in [5.74, 6) is 6.63. The molecule has 5 aliphatic carbocycles. The van der Waals surface area contributed by atoms with Crippen molar-refractivity contribution < 1.29 is 4.79 Å². The number of aliphatic imine (C=N–C) groups is 1. The summed E-state index contributed by atoms with van der Waals surface area (Å²) in [6.45, 7) is 0. The summed E-state index contributed by atoms with van der Waals surface area (Å²) in [5.41, 5.74) is 0.116. The lowest BCUT2D eigenvalue weighted by Crippen LogP contribution is -2.41. The molecule has 0 N–H and O–H groups in total. The molecule has 8 atom stereocenters. The molecule has 5 rings (SSSR count). The van der Waals surface area contributed by atoms with Gasteiger partial charge in [-0.05, 0) is 60.7 Å². The van der Waals surface area contributed by atoms with E-state index >= 15 is 0 Å². The minimum absolute atomic E-state index is 0.116. The summed E-state index contributed by atoms with van der Waals surface area (Å²) >= 11 is 0.